The van der Waals surface area contributed by atoms with Gasteiger partial charge in [-0.2, -0.15) is 9.59 Å². The average Bonchev–Trinajstić information content (AvgIpc) is 3.35. The number of likely N-dealkylation sites (tertiary alicyclic amines) is 3. The molecule has 0 aromatic heterocycles. The molecule has 10 heteroatoms. The molecule has 0 radical (unpaired) electrons. The van der Waals surface area contributed by atoms with Gasteiger partial charge in [0.05, 0.1) is 12.1 Å². The lowest BCUT2D eigenvalue weighted by molar-refractivity contribution is -0.191. The minimum absolute atomic E-state index is 0.0450. The Labute approximate surface area is 247 Å². The molecule has 3 aliphatic rings. The van der Waals surface area contributed by atoms with Crippen molar-refractivity contribution in [3.63, 3.8) is 0 Å². The van der Waals surface area contributed by atoms with Gasteiger partial charge in [-0.25, -0.2) is 0 Å². The summed E-state index contributed by atoms with van der Waals surface area (Å²) < 4.78 is 0. The van der Waals surface area contributed by atoms with Gasteiger partial charge in [0, 0.05) is 32.2 Å². The summed E-state index contributed by atoms with van der Waals surface area (Å²) in [7, 11) is 3.88. The van der Waals surface area contributed by atoms with Gasteiger partial charge in [0.15, 0.2) is 0 Å². The maximum atomic E-state index is 14.0. The Balaban J connectivity index is 0.00000187. The van der Waals surface area contributed by atoms with Crippen LogP contribution in [0.5, 0.6) is 0 Å². The van der Waals surface area contributed by atoms with Gasteiger partial charge < -0.3 is 15.1 Å². The van der Waals surface area contributed by atoms with Crippen LogP contribution in [-0.4, -0.2) is 114 Å². The van der Waals surface area contributed by atoms with Crippen molar-refractivity contribution >= 4 is 23.9 Å². The highest BCUT2D eigenvalue weighted by atomic mass is 16.2. The zero-order valence-electron chi connectivity index (χ0n) is 26.8. The summed E-state index contributed by atoms with van der Waals surface area (Å²) in [4.78, 5) is 65.6. The predicted molar refractivity (Wildman–Crippen MR) is 158 cm³/mol. The van der Waals surface area contributed by atoms with Crippen molar-refractivity contribution < 1.29 is 24.0 Å². The molecule has 3 fully saturated rings. The van der Waals surface area contributed by atoms with E-state index in [-0.39, 0.29) is 47.9 Å². The summed E-state index contributed by atoms with van der Waals surface area (Å²) in [6, 6.07) is -0.627. The summed E-state index contributed by atoms with van der Waals surface area (Å²) >= 11 is 0. The van der Waals surface area contributed by atoms with E-state index >= 15 is 0 Å². The molecule has 0 spiro atoms. The van der Waals surface area contributed by atoms with Gasteiger partial charge in [-0.15, -0.1) is 0 Å². The Kier molecular flexibility index (Phi) is 13.5. The fraction of sp³-hybridized carbons (Fsp3) is 0.871. The number of rotatable bonds is 8. The number of piperidine rings is 2. The first-order chi connectivity index (χ1) is 19.2. The first-order valence-electron chi connectivity index (χ1n) is 15.6. The molecule has 3 rings (SSSR count). The average molecular weight is 578 g/mol. The second kappa shape index (κ2) is 15.8. The molecule has 3 saturated heterocycles. The van der Waals surface area contributed by atoms with E-state index in [4.69, 9.17) is 9.59 Å². The van der Waals surface area contributed by atoms with Crippen LogP contribution in [0.2, 0.25) is 0 Å². The number of hydrogen-bond donors (Lipinski definition) is 1. The number of likely N-dealkylation sites (N-methyl/N-ethyl adjacent to an activating group) is 2. The van der Waals surface area contributed by atoms with Crippen molar-refractivity contribution in [3.8, 4) is 0 Å². The van der Waals surface area contributed by atoms with Crippen LogP contribution in [0.4, 0.5) is 0 Å². The van der Waals surface area contributed by atoms with Crippen molar-refractivity contribution in [2.45, 2.75) is 123 Å². The summed E-state index contributed by atoms with van der Waals surface area (Å²) in [5.41, 5.74) is -0.425. The topological polar surface area (TPSA) is 110 Å². The molecule has 3 aliphatic heterocycles. The number of nitrogens with one attached hydrogen (secondary N) is 1. The smallest absolute Gasteiger partial charge is 0.342 e. The standard InChI is InChI=1S/C30H55N5O3.CO2/c1-21(2)25(20-34-18-12-10-16-24(34)28(37)35-19-13-14-22(35)3)33(8)29(38)26(30(4,5)6)31-27(36)23-15-9-11-17-32(23)7;2-1-3/h21-26H,9-20H2,1-8H3,(H,31,36);/t22-,23-,24+,25-,26-;/m1./s1. The van der Waals surface area contributed by atoms with Crippen molar-refractivity contribution in [1.29, 1.82) is 0 Å². The molecule has 0 unspecified atom stereocenters. The number of nitrogens with zero attached hydrogens (tertiary/aromatic N) is 4. The molecule has 41 heavy (non-hydrogen) atoms. The number of carbonyl (C=O) groups is 3. The van der Waals surface area contributed by atoms with Gasteiger partial charge in [-0.1, -0.05) is 47.5 Å². The van der Waals surface area contributed by atoms with Crippen LogP contribution in [0.15, 0.2) is 0 Å². The van der Waals surface area contributed by atoms with E-state index in [0.717, 1.165) is 71.0 Å². The molecular formula is C31H55N5O5. The van der Waals surface area contributed by atoms with Gasteiger partial charge in [0.25, 0.3) is 0 Å². The molecule has 3 amide bonds. The van der Waals surface area contributed by atoms with Crippen LogP contribution in [0.25, 0.3) is 0 Å². The maximum absolute atomic E-state index is 14.0. The third-order valence-electron chi connectivity index (χ3n) is 9.24. The van der Waals surface area contributed by atoms with E-state index < -0.39 is 11.5 Å². The van der Waals surface area contributed by atoms with Crippen LogP contribution in [0, 0.1) is 11.3 Å². The highest BCUT2D eigenvalue weighted by molar-refractivity contribution is 5.90. The van der Waals surface area contributed by atoms with E-state index in [1.807, 2.05) is 39.8 Å². The Morgan fingerprint density at radius 1 is 0.927 bits per heavy atom. The Morgan fingerprint density at radius 3 is 2.02 bits per heavy atom. The third-order valence-corrected chi connectivity index (χ3v) is 9.24. The molecule has 0 bridgehead atoms. The summed E-state index contributed by atoms with van der Waals surface area (Å²) in [6.45, 7) is 15.9. The maximum Gasteiger partial charge on any atom is 0.373 e. The van der Waals surface area contributed by atoms with Crippen LogP contribution in [-0.2, 0) is 24.0 Å². The largest absolute Gasteiger partial charge is 0.373 e. The molecule has 3 heterocycles. The normalized spacial score (nSPS) is 25.5. The number of carbonyl (C=O) groups excluding carboxylic acids is 5. The molecular weight excluding hydrogens is 522 g/mol. The van der Waals surface area contributed by atoms with Crippen molar-refractivity contribution in [2.24, 2.45) is 11.3 Å². The van der Waals surface area contributed by atoms with Gasteiger partial charge in [-0.3, -0.25) is 24.2 Å². The van der Waals surface area contributed by atoms with E-state index in [9.17, 15) is 14.4 Å². The molecule has 234 valence electrons. The van der Waals surface area contributed by atoms with Gasteiger partial charge in [0.2, 0.25) is 17.7 Å². The SMILES string of the molecule is CC(C)[C@@H](CN1CCCC[C@H]1C(=O)N1CCC[C@H]1C)N(C)C(=O)[C@@H](NC(=O)[C@H]1CCCCN1C)C(C)(C)C.O=C=O. The fourth-order valence-corrected chi connectivity index (χ4v) is 6.62. The van der Waals surface area contributed by atoms with Crippen molar-refractivity contribution in [3.05, 3.63) is 0 Å². The summed E-state index contributed by atoms with van der Waals surface area (Å²) in [5, 5.41) is 3.16. The summed E-state index contributed by atoms with van der Waals surface area (Å²) in [5.74, 6) is 0.392. The first-order valence-corrected chi connectivity index (χ1v) is 15.6. The van der Waals surface area contributed by atoms with Crippen LogP contribution in [0.3, 0.4) is 0 Å². The second-order valence-electron chi connectivity index (χ2n) is 13.7. The van der Waals surface area contributed by atoms with E-state index in [0.29, 0.717) is 12.6 Å². The molecule has 0 saturated carbocycles. The number of amides is 3. The Morgan fingerprint density at radius 2 is 1.51 bits per heavy atom. The summed E-state index contributed by atoms with van der Waals surface area (Å²) in [6.07, 6.45) is 8.44. The predicted octanol–water partition coefficient (Wildman–Crippen LogP) is 2.77. The van der Waals surface area contributed by atoms with Crippen LogP contribution in [0.1, 0.15) is 92.9 Å². The lowest BCUT2D eigenvalue weighted by Crippen LogP contribution is -2.61. The van der Waals surface area contributed by atoms with E-state index in [1.54, 1.807) is 0 Å². The van der Waals surface area contributed by atoms with Crippen LogP contribution < -0.4 is 5.32 Å². The van der Waals surface area contributed by atoms with Gasteiger partial charge in [0.1, 0.15) is 6.04 Å². The quantitative estimate of drug-likeness (QED) is 0.472. The van der Waals surface area contributed by atoms with Crippen LogP contribution >= 0.6 is 0 Å². The second-order valence-corrected chi connectivity index (χ2v) is 13.7. The van der Waals surface area contributed by atoms with Gasteiger partial charge >= 0.3 is 6.15 Å². The van der Waals surface area contributed by atoms with Crippen molar-refractivity contribution in [1.82, 2.24) is 24.9 Å². The van der Waals surface area contributed by atoms with E-state index in [1.165, 1.54) is 0 Å². The van der Waals surface area contributed by atoms with E-state index in [2.05, 4.69) is 40.8 Å². The lowest BCUT2D eigenvalue weighted by Gasteiger charge is -2.44. The monoisotopic (exact) mass is 577 g/mol. The molecule has 1 N–H and O–H groups in total. The third kappa shape index (κ3) is 9.35. The Hall–Kier alpha value is -2.29. The zero-order valence-corrected chi connectivity index (χ0v) is 26.8. The molecule has 0 aliphatic carbocycles. The Bertz CT molecular complexity index is 913. The molecule has 10 nitrogen and oxygen atoms in total. The van der Waals surface area contributed by atoms with Gasteiger partial charge in [-0.05, 0) is 76.9 Å². The fourth-order valence-electron chi connectivity index (χ4n) is 6.62. The minimum atomic E-state index is -0.610. The zero-order chi connectivity index (χ0) is 30.9. The van der Waals surface area contributed by atoms with Crippen molar-refractivity contribution in [2.75, 3.05) is 40.3 Å². The minimum Gasteiger partial charge on any atom is -0.342 e. The number of hydrogen-bond acceptors (Lipinski definition) is 7. The molecule has 5 atom stereocenters. The lowest BCUT2D eigenvalue weighted by atomic mass is 9.84. The molecule has 0 aromatic rings. The molecule has 0 aromatic carbocycles. The highest BCUT2D eigenvalue weighted by Gasteiger charge is 2.41. The highest BCUT2D eigenvalue weighted by Crippen LogP contribution is 2.28. The first kappa shape index (κ1) is 34.9.